The molecule has 1 saturated heterocycles. The Morgan fingerprint density at radius 2 is 1.63 bits per heavy atom. The second kappa shape index (κ2) is 7.91. The molecule has 2 nitrogen and oxygen atoms in total. The summed E-state index contributed by atoms with van der Waals surface area (Å²) in [7, 11) is 0. The van der Waals surface area contributed by atoms with Gasteiger partial charge in [0.15, 0.2) is 5.78 Å². The van der Waals surface area contributed by atoms with Gasteiger partial charge in [-0.05, 0) is 60.4 Å². The SMILES string of the molecule is O=C(C=CC1=C(N2CCCCCC2)Cc2ccccc21)c1ccc(F)cc1. The van der Waals surface area contributed by atoms with Crippen LogP contribution in [0.25, 0.3) is 5.57 Å². The summed E-state index contributed by atoms with van der Waals surface area (Å²) < 4.78 is 13.1. The predicted octanol–water partition coefficient (Wildman–Crippen LogP) is 5.41. The fraction of sp³-hybridized carbons (Fsp3) is 0.292. The van der Waals surface area contributed by atoms with E-state index in [0.717, 1.165) is 25.1 Å². The summed E-state index contributed by atoms with van der Waals surface area (Å²) in [5.74, 6) is -0.423. The predicted molar refractivity (Wildman–Crippen MR) is 107 cm³/mol. The molecule has 0 spiro atoms. The number of nitrogens with zero attached hydrogens (tertiary/aromatic N) is 1. The van der Waals surface area contributed by atoms with Crippen molar-refractivity contribution in [1.29, 1.82) is 0 Å². The molecule has 0 N–H and O–H groups in total. The zero-order valence-electron chi connectivity index (χ0n) is 15.5. The van der Waals surface area contributed by atoms with Crippen molar-refractivity contribution in [3.8, 4) is 0 Å². The minimum Gasteiger partial charge on any atom is -0.374 e. The van der Waals surface area contributed by atoms with Crippen LogP contribution < -0.4 is 0 Å². The third-order valence-corrected chi connectivity index (χ3v) is 5.49. The minimum absolute atomic E-state index is 0.0953. The van der Waals surface area contributed by atoms with Crippen molar-refractivity contribution in [3.63, 3.8) is 0 Å². The van der Waals surface area contributed by atoms with Crippen molar-refractivity contribution < 1.29 is 9.18 Å². The van der Waals surface area contributed by atoms with Crippen LogP contribution in [0.5, 0.6) is 0 Å². The van der Waals surface area contributed by atoms with Gasteiger partial charge in [-0.3, -0.25) is 4.79 Å². The van der Waals surface area contributed by atoms with Crippen molar-refractivity contribution in [2.24, 2.45) is 0 Å². The van der Waals surface area contributed by atoms with Gasteiger partial charge in [0, 0.05) is 36.3 Å². The zero-order chi connectivity index (χ0) is 18.6. The maximum Gasteiger partial charge on any atom is 0.185 e. The standard InChI is InChI=1S/C24H24FNO/c25-20-11-9-18(10-12-20)24(27)14-13-22-21-8-4-3-7-19(21)17-23(22)26-15-5-1-2-6-16-26/h3-4,7-14H,1-2,5-6,15-17H2. The molecule has 0 radical (unpaired) electrons. The highest BCUT2D eigenvalue weighted by Crippen LogP contribution is 2.36. The molecule has 1 aliphatic carbocycles. The Bertz CT molecular complexity index is 887. The molecule has 0 amide bonds. The number of halogens is 1. The molecule has 1 fully saturated rings. The molecule has 27 heavy (non-hydrogen) atoms. The smallest absolute Gasteiger partial charge is 0.185 e. The molecule has 1 aliphatic heterocycles. The molecule has 1 heterocycles. The van der Waals surface area contributed by atoms with E-state index in [1.807, 2.05) is 6.08 Å². The molecular weight excluding hydrogens is 337 g/mol. The number of fused-ring (bicyclic) bond motifs is 1. The van der Waals surface area contributed by atoms with Gasteiger partial charge in [0.05, 0.1) is 0 Å². The topological polar surface area (TPSA) is 20.3 Å². The number of likely N-dealkylation sites (tertiary alicyclic amines) is 1. The van der Waals surface area contributed by atoms with Crippen LogP contribution in [0.4, 0.5) is 4.39 Å². The molecular formula is C24H24FNO. The second-order valence-corrected chi connectivity index (χ2v) is 7.30. The van der Waals surface area contributed by atoms with Gasteiger partial charge in [-0.2, -0.15) is 0 Å². The van der Waals surface area contributed by atoms with E-state index < -0.39 is 0 Å². The number of hydrogen-bond acceptors (Lipinski definition) is 2. The van der Waals surface area contributed by atoms with Gasteiger partial charge in [0.25, 0.3) is 0 Å². The fourth-order valence-corrected chi connectivity index (χ4v) is 4.05. The van der Waals surface area contributed by atoms with Gasteiger partial charge < -0.3 is 4.90 Å². The summed E-state index contributed by atoms with van der Waals surface area (Å²) in [5, 5.41) is 0. The number of ketones is 1. The van der Waals surface area contributed by atoms with Crippen LogP contribution in [0.2, 0.25) is 0 Å². The molecule has 2 aliphatic rings. The Kier molecular flexibility index (Phi) is 5.19. The molecule has 3 heteroatoms. The average molecular weight is 361 g/mol. The van der Waals surface area contributed by atoms with Crippen molar-refractivity contribution in [2.45, 2.75) is 32.1 Å². The quantitative estimate of drug-likeness (QED) is 0.536. The number of rotatable bonds is 4. The monoisotopic (exact) mass is 361 g/mol. The highest BCUT2D eigenvalue weighted by molar-refractivity contribution is 6.06. The summed E-state index contributed by atoms with van der Waals surface area (Å²) in [6.07, 6.45) is 9.56. The van der Waals surface area contributed by atoms with Crippen LogP contribution >= 0.6 is 0 Å². The van der Waals surface area contributed by atoms with E-state index in [1.54, 1.807) is 6.08 Å². The number of hydrogen-bond donors (Lipinski definition) is 0. The lowest BCUT2D eigenvalue weighted by Gasteiger charge is -2.25. The van der Waals surface area contributed by atoms with Crippen molar-refractivity contribution in [3.05, 3.63) is 88.9 Å². The van der Waals surface area contributed by atoms with E-state index in [9.17, 15) is 9.18 Å². The highest BCUT2D eigenvalue weighted by Gasteiger charge is 2.24. The molecule has 138 valence electrons. The highest BCUT2D eigenvalue weighted by atomic mass is 19.1. The van der Waals surface area contributed by atoms with E-state index in [2.05, 4.69) is 29.2 Å². The molecule has 0 bridgehead atoms. The van der Waals surface area contributed by atoms with Crippen LogP contribution in [0.15, 0.2) is 66.4 Å². The second-order valence-electron chi connectivity index (χ2n) is 7.30. The van der Waals surface area contributed by atoms with Crippen molar-refractivity contribution in [1.82, 2.24) is 4.90 Å². The lowest BCUT2D eigenvalue weighted by Crippen LogP contribution is -2.24. The summed E-state index contributed by atoms with van der Waals surface area (Å²) in [5.41, 5.74) is 5.55. The van der Waals surface area contributed by atoms with Crippen LogP contribution in [-0.4, -0.2) is 23.8 Å². The molecule has 0 unspecified atom stereocenters. The first kappa shape index (κ1) is 17.7. The zero-order valence-corrected chi connectivity index (χ0v) is 15.5. The van der Waals surface area contributed by atoms with Crippen molar-refractivity contribution >= 4 is 11.4 Å². The van der Waals surface area contributed by atoms with E-state index >= 15 is 0 Å². The normalized spacial score (nSPS) is 17.3. The Morgan fingerprint density at radius 3 is 2.37 bits per heavy atom. The molecule has 2 aromatic rings. The van der Waals surface area contributed by atoms with Gasteiger partial charge in [-0.15, -0.1) is 0 Å². The van der Waals surface area contributed by atoms with Crippen LogP contribution in [0.3, 0.4) is 0 Å². The maximum atomic E-state index is 13.1. The van der Waals surface area contributed by atoms with Crippen molar-refractivity contribution in [2.75, 3.05) is 13.1 Å². The van der Waals surface area contributed by atoms with Gasteiger partial charge >= 0.3 is 0 Å². The Morgan fingerprint density at radius 1 is 0.926 bits per heavy atom. The number of benzene rings is 2. The summed E-state index contributed by atoms with van der Waals surface area (Å²) in [4.78, 5) is 15.0. The molecule has 4 rings (SSSR count). The van der Waals surface area contributed by atoms with E-state index in [0.29, 0.717) is 5.56 Å². The van der Waals surface area contributed by atoms with Crippen LogP contribution in [0.1, 0.15) is 47.2 Å². The van der Waals surface area contributed by atoms with Crippen LogP contribution in [0, 0.1) is 5.82 Å². The number of allylic oxidation sites excluding steroid dienone is 4. The molecule has 0 aromatic heterocycles. The number of carbonyl (C=O) groups is 1. The van der Waals surface area contributed by atoms with Gasteiger partial charge in [-0.25, -0.2) is 4.39 Å². The first-order chi connectivity index (χ1) is 13.2. The Labute approximate surface area is 160 Å². The first-order valence-corrected chi connectivity index (χ1v) is 9.77. The lowest BCUT2D eigenvalue weighted by molar-refractivity contribution is 0.104. The maximum absolute atomic E-state index is 13.1. The van der Waals surface area contributed by atoms with Gasteiger partial charge in [0.2, 0.25) is 0 Å². The molecule has 0 saturated carbocycles. The number of carbonyl (C=O) groups excluding carboxylic acids is 1. The van der Waals surface area contributed by atoms with Gasteiger partial charge in [0.1, 0.15) is 5.82 Å². The summed E-state index contributed by atoms with van der Waals surface area (Å²) in [6, 6.07) is 14.2. The average Bonchev–Trinajstić information content (AvgIpc) is 2.86. The largest absolute Gasteiger partial charge is 0.374 e. The summed E-state index contributed by atoms with van der Waals surface area (Å²) in [6.45, 7) is 2.18. The van der Waals surface area contributed by atoms with E-state index in [-0.39, 0.29) is 11.6 Å². The lowest BCUT2D eigenvalue weighted by atomic mass is 10.0. The van der Waals surface area contributed by atoms with E-state index in [4.69, 9.17) is 0 Å². The minimum atomic E-state index is -0.327. The first-order valence-electron chi connectivity index (χ1n) is 9.77. The third kappa shape index (κ3) is 3.87. The Balaban J connectivity index is 1.65. The Hall–Kier alpha value is -2.68. The fourth-order valence-electron chi connectivity index (χ4n) is 4.05. The molecule has 0 atom stereocenters. The molecule has 2 aromatic carbocycles. The van der Waals surface area contributed by atoms with E-state index in [1.165, 1.54) is 66.8 Å². The summed E-state index contributed by atoms with van der Waals surface area (Å²) >= 11 is 0. The third-order valence-electron chi connectivity index (χ3n) is 5.49. The van der Waals surface area contributed by atoms with Crippen LogP contribution in [-0.2, 0) is 6.42 Å². The van der Waals surface area contributed by atoms with Gasteiger partial charge in [-0.1, -0.05) is 37.1 Å².